The molecule has 0 aliphatic heterocycles. The summed E-state index contributed by atoms with van der Waals surface area (Å²) in [6.07, 6.45) is 1.65. The fraction of sp³-hybridized carbons (Fsp3) is 0.200. The number of rotatable bonds is 5. The van der Waals surface area contributed by atoms with Gasteiger partial charge in [-0.1, -0.05) is 23.4 Å². The zero-order chi connectivity index (χ0) is 17.1. The molecule has 0 atom stereocenters. The molecule has 124 valence electrons. The molecule has 0 saturated carbocycles. The Bertz CT molecular complexity index is 851. The summed E-state index contributed by atoms with van der Waals surface area (Å²) < 4.78 is 11.0. The highest BCUT2D eigenvalue weighted by Gasteiger charge is 2.11. The van der Waals surface area contributed by atoms with E-state index >= 15 is 0 Å². The molecule has 0 unspecified atom stereocenters. The van der Waals surface area contributed by atoms with E-state index in [4.69, 9.17) is 26.5 Å². The molecule has 0 spiro atoms. The number of anilines is 1. The maximum absolute atomic E-state index is 6.08. The van der Waals surface area contributed by atoms with E-state index in [0.29, 0.717) is 39.2 Å². The number of thioether (sulfide) groups is 1. The Hall–Kier alpha value is -2.32. The van der Waals surface area contributed by atoms with Crippen molar-refractivity contribution in [3.63, 3.8) is 0 Å². The van der Waals surface area contributed by atoms with E-state index in [1.807, 2.05) is 6.07 Å². The van der Waals surface area contributed by atoms with Crippen LogP contribution in [-0.4, -0.2) is 27.0 Å². The number of aryl methyl sites for hydroxylation is 1. The second kappa shape index (κ2) is 7.06. The summed E-state index contributed by atoms with van der Waals surface area (Å²) in [4.78, 5) is 16.5. The fourth-order valence-corrected chi connectivity index (χ4v) is 2.97. The van der Waals surface area contributed by atoms with Gasteiger partial charge in [-0.2, -0.15) is 9.97 Å². The molecule has 2 aromatic heterocycles. The molecule has 0 aliphatic carbocycles. The zero-order valence-electron chi connectivity index (χ0n) is 13.0. The van der Waals surface area contributed by atoms with Crippen LogP contribution in [0.5, 0.6) is 5.75 Å². The summed E-state index contributed by atoms with van der Waals surface area (Å²) >= 11 is 7.45. The quantitative estimate of drug-likeness (QED) is 0.688. The maximum Gasteiger partial charge on any atom is 0.224 e. The van der Waals surface area contributed by atoms with Crippen molar-refractivity contribution in [1.29, 1.82) is 0 Å². The molecule has 2 N–H and O–H groups in total. The van der Waals surface area contributed by atoms with Crippen LogP contribution in [0.4, 0.5) is 5.95 Å². The number of methoxy groups -OCH3 is 1. The Balaban J connectivity index is 1.75. The molecule has 1 aromatic carbocycles. The lowest BCUT2D eigenvalue weighted by atomic mass is 10.2. The number of oxazole rings is 1. The molecule has 7 nitrogen and oxygen atoms in total. The van der Waals surface area contributed by atoms with Gasteiger partial charge in [0.2, 0.25) is 11.8 Å². The largest absolute Gasteiger partial charge is 0.497 e. The molecule has 0 saturated heterocycles. The highest BCUT2D eigenvalue weighted by Crippen LogP contribution is 2.30. The molecule has 24 heavy (non-hydrogen) atoms. The van der Waals surface area contributed by atoms with Crippen molar-refractivity contribution in [3.05, 3.63) is 41.1 Å². The van der Waals surface area contributed by atoms with E-state index in [2.05, 4.69) is 19.9 Å². The highest BCUT2D eigenvalue weighted by atomic mass is 35.5. The monoisotopic (exact) mass is 363 g/mol. The van der Waals surface area contributed by atoms with Gasteiger partial charge < -0.3 is 14.9 Å². The molecule has 0 aliphatic rings. The smallest absolute Gasteiger partial charge is 0.224 e. The van der Waals surface area contributed by atoms with Crippen LogP contribution in [0.1, 0.15) is 11.7 Å². The van der Waals surface area contributed by atoms with Gasteiger partial charge in [0.05, 0.1) is 19.1 Å². The molecule has 0 radical (unpaired) electrons. The average molecular weight is 364 g/mol. The Morgan fingerprint density at radius 2 is 2.08 bits per heavy atom. The Morgan fingerprint density at radius 3 is 2.83 bits per heavy atom. The predicted molar refractivity (Wildman–Crippen MR) is 92.0 cm³/mol. The molecule has 3 rings (SSSR count). The van der Waals surface area contributed by atoms with Crippen molar-refractivity contribution in [1.82, 2.24) is 19.9 Å². The minimum atomic E-state index is 0.198. The number of nitrogen functional groups attached to an aromatic ring is 1. The lowest BCUT2D eigenvalue weighted by Gasteiger charge is -2.03. The second-order valence-electron chi connectivity index (χ2n) is 4.81. The standard InChI is InChI=1S/C15H14ClN5O2S/c1-8-19-14(17)21-15(20-8)24-7-13-18-6-12(23-13)9-3-10(16)5-11(4-9)22-2/h3-6H,7H2,1-2H3,(H2,17,19,20,21). The Labute approximate surface area is 147 Å². The van der Waals surface area contributed by atoms with Crippen molar-refractivity contribution < 1.29 is 9.15 Å². The van der Waals surface area contributed by atoms with Crippen LogP contribution < -0.4 is 10.5 Å². The minimum absolute atomic E-state index is 0.198. The topological polar surface area (TPSA) is 100.0 Å². The summed E-state index contributed by atoms with van der Waals surface area (Å²) in [5, 5.41) is 1.09. The SMILES string of the molecule is COc1cc(Cl)cc(-c2cnc(CSc3nc(C)nc(N)n3)o2)c1. The number of hydrogen-bond acceptors (Lipinski definition) is 8. The Kier molecular flexibility index (Phi) is 4.86. The average Bonchev–Trinajstić information content (AvgIpc) is 3.00. The molecule has 0 bridgehead atoms. The molecule has 0 amide bonds. The van der Waals surface area contributed by atoms with Crippen LogP contribution >= 0.6 is 23.4 Å². The second-order valence-corrected chi connectivity index (χ2v) is 6.19. The summed E-state index contributed by atoms with van der Waals surface area (Å²) in [6.45, 7) is 1.76. The van der Waals surface area contributed by atoms with E-state index in [0.717, 1.165) is 5.56 Å². The molecule has 3 aromatic rings. The van der Waals surface area contributed by atoms with E-state index < -0.39 is 0 Å². The van der Waals surface area contributed by atoms with Gasteiger partial charge in [-0.3, -0.25) is 0 Å². The maximum atomic E-state index is 6.08. The number of halogens is 1. The number of hydrogen-bond donors (Lipinski definition) is 1. The number of nitrogens with two attached hydrogens (primary N) is 1. The summed E-state index contributed by atoms with van der Waals surface area (Å²) in [5.41, 5.74) is 6.41. The van der Waals surface area contributed by atoms with Crippen LogP contribution in [0.15, 0.2) is 34.0 Å². The van der Waals surface area contributed by atoms with Gasteiger partial charge in [0.1, 0.15) is 11.6 Å². The van der Waals surface area contributed by atoms with Crippen molar-refractivity contribution in [2.75, 3.05) is 12.8 Å². The normalized spacial score (nSPS) is 10.8. The number of ether oxygens (including phenoxy) is 1. The van der Waals surface area contributed by atoms with Gasteiger partial charge in [0.15, 0.2) is 10.9 Å². The van der Waals surface area contributed by atoms with Crippen LogP contribution in [0.2, 0.25) is 5.02 Å². The third kappa shape index (κ3) is 3.95. The lowest BCUT2D eigenvalue weighted by molar-refractivity contribution is 0.415. The van der Waals surface area contributed by atoms with Gasteiger partial charge in [0, 0.05) is 10.6 Å². The third-order valence-corrected chi connectivity index (χ3v) is 4.06. The van der Waals surface area contributed by atoms with Crippen LogP contribution in [0.3, 0.4) is 0 Å². The summed E-state index contributed by atoms with van der Waals surface area (Å²) in [5.74, 6) is 3.05. The van der Waals surface area contributed by atoms with Crippen LogP contribution in [0, 0.1) is 6.92 Å². The van der Waals surface area contributed by atoms with E-state index in [-0.39, 0.29) is 5.95 Å². The zero-order valence-corrected chi connectivity index (χ0v) is 14.6. The van der Waals surface area contributed by atoms with Gasteiger partial charge in [-0.25, -0.2) is 9.97 Å². The summed E-state index contributed by atoms with van der Waals surface area (Å²) in [6, 6.07) is 5.35. The van der Waals surface area contributed by atoms with Crippen molar-refractivity contribution in [3.8, 4) is 17.1 Å². The minimum Gasteiger partial charge on any atom is -0.497 e. The van der Waals surface area contributed by atoms with Crippen molar-refractivity contribution in [2.45, 2.75) is 17.8 Å². The van der Waals surface area contributed by atoms with Crippen molar-refractivity contribution in [2.24, 2.45) is 0 Å². The number of nitrogens with zero attached hydrogens (tertiary/aromatic N) is 4. The number of benzene rings is 1. The van der Waals surface area contributed by atoms with Gasteiger partial charge in [0.25, 0.3) is 0 Å². The molecule has 2 heterocycles. The first kappa shape index (κ1) is 16.5. The molecular weight excluding hydrogens is 350 g/mol. The van der Waals surface area contributed by atoms with Gasteiger partial charge in [-0.05, 0) is 25.1 Å². The van der Waals surface area contributed by atoms with Crippen LogP contribution in [0.25, 0.3) is 11.3 Å². The molecule has 9 heteroatoms. The van der Waals surface area contributed by atoms with Crippen LogP contribution in [-0.2, 0) is 5.75 Å². The van der Waals surface area contributed by atoms with Gasteiger partial charge in [-0.15, -0.1) is 0 Å². The van der Waals surface area contributed by atoms with E-state index in [1.165, 1.54) is 11.8 Å². The Morgan fingerprint density at radius 1 is 1.25 bits per heavy atom. The molecule has 0 fully saturated rings. The van der Waals surface area contributed by atoms with E-state index in [1.54, 1.807) is 32.4 Å². The first-order chi connectivity index (χ1) is 11.5. The lowest BCUT2D eigenvalue weighted by Crippen LogP contribution is -2.01. The fourth-order valence-electron chi connectivity index (χ4n) is 2.00. The first-order valence-corrected chi connectivity index (χ1v) is 8.30. The number of aromatic nitrogens is 4. The van der Waals surface area contributed by atoms with Crippen molar-refractivity contribution >= 4 is 29.3 Å². The summed E-state index contributed by atoms with van der Waals surface area (Å²) in [7, 11) is 1.58. The third-order valence-electron chi connectivity index (χ3n) is 3.01. The predicted octanol–water partition coefficient (Wildman–Crippen LogP) is 3.37. The highest BCUT2D eigenvalue weighted by molar-refractivity contribution is 7.98. The van der Waals surface area contributed by atoms with E-state index in [9.17, 15) is 0 Å². The van der Waals surface area contributed by atoms with Gasteiger partial charge >= 0.3 is 0 Å². The first-order valence-electron chi connectivity index (χ1n) is 6.94. The molecular formula is C15H14ClN5O2S.